The van der Waals surface area contributed by atoms with Gasteiger partial charge in [-0.2, -0.15) is 0 Å². The number of rotatable bonds is 1. The smallest absolute Gasteiger partial charge is 0.0414 e. The van der Waals surface area contributed by atoms with Crippen LogP contribution < -0.4 is 0 Å². The predicted octanol–water partition coefficient (Wildman–Crippen LogP) is 4.44. The highest BCUT2D eigenvalue weighted by Crippen LogP contribution is 2.41. The van der Waals surface area contributed by atoms with Crippen molar-refractivity contribution >= 4 is 0 Å². The van der Waals surface area contributed by atoms with Crippen LogP contribution in [0.4, 0.5) is 0 Å². The average Bonchev–Trinajstić information content (AvgIpc) is 2.49. The fraction of sp³-hybridized carbons (Fsp3) is 0.647. The van der Waals surface area contributed by atoms with E-state index in [0.29, 0.717) is 6.04 Å². The summed E-state index contributed by atoms with van der Waals surface area (Å²) in [4.78, 5) is 2.59. The molecule has 1 aliphatic heterocycles. The van der Waals surface area contributed by atoms with Crippen molar-refractivity contribution in [2.75, 3.05) is 0 Å². The SMILES string of the molecule is CC(C)N1Cc2ccc(C(C)(C)C)cc2C1(C)C. The second-order valence-electron chi connectivity index (χ2n) is 7.40. The normalized spacial score (nSPS) is 19.3. The Hall–Kier alpha value is -0.820. The molecule has 2 rings (SSSR count). The molecule has 1 aromatic carbocycles. The van der Waals surface area contributed by atoms with E-state index < -0.39 is 0 Å². The lowest BCUT2D eigenvalue weighted by Crippen LogP contribution is -2.40. The van der Waals surface area contributed by atoms with Gasteiger partial charge in [-0.1, -0.05) is 39.0 Å². The third-order valence-electron chi connectivity index (χ3n) is 4.32. The Morgan fingerprint density at radius 3 is 2.28 bits per heavy atom. The second-order valence-corrected chi connectivity index (χ2v) is 7.40. The van der Waals surface area contributed by atoms with Crippen LogP contribution in [-0.4, -0.2) is 10.9 Å². The van der Waals surface area contributed by atoms with Gasteiger partial charge in [0.1, 0.15) is 0 Å². The monoisotopic (exact) mass is 245 g/mol. The van der Waals surface area contributed by atoms with E-state index >= 15 is 0 Å². The zero-order chi connectivity index (χ0) is 13.7. The van der Waals surface area contributed by atoms with Crippen LogP contribution in [0, 0.1) is 0 Å². The van der Waals surface area contributed by atoms with Gasteiger partial charge in [-0.25, -0.2) is 0 Å². The zero-order valence-corrected chi connectivity index (χ0v) is 13.0. The number of fused-ring (bicyclic) bond motifs is 1. The van der Waals surface area contributed by atoms with Gasteiger partial charge in [0.2, 0.25) is 0 Å². The highest BCUT2D eigenvalue weighted by molar-refractivity contribution is 5.42. The molecule has 0 atom stereocenters. The minimum absolute atomic E-state index is 0.157. The maximum atomic E-state index is 2.59. The number of benzene rings is 1. The third-order valence-corrected chi connectivity index (χ3v) is 4.32. The topological polar surface area (TPSA) is 3.24 Å². The van der Waals surface area contributed by atoms with Gasteiger partial charge in [0.05, 0.1) is 0 Å². The summed E-state index contributed by atoms with van der Waals surface area (Å²) in [7, 11) is 0. The average molecular weight is 245 g/mol. The lowest BCUT2D eigenvalue weighted by atomic mass is 9.83. The van der Waals surface area contributed by atoms with E-state index in [1.54, 1.807) is 0 Å². The molecule has 0 spiro atoms. The molecule has 0 amide bonds. The van der Waals surface area contributed by atoms with Gasteiger partial charge in [0.15, 0.2) is 0 Å². The predicted molar refractivity (Wildman–Crippen MR) is 78.8 cm³/mol. The first-order valence-electron chi connectivity index (χ1n) is 7.04. The molecule has 0 aromatic heterocycles. The van der Waals surface area contributed by atoms with Gasteiger partial charge in [-0.3, -0.25) is 4.90 Å². The Balaban J connectivity index is 2.48. The van der Waals surface area contributed by atoms with Crippen molar-refractivity contribution < 1.29 is 0 Å². The number of hydrogen-bond donors (Lipinski definition) is 0. The molecule has 0 bridgehead atoms. The Morgan fingerprint density at radius 2 is 1.78 bits per heavy atom. The first kappa shape index (κ1) is 13.6. The van der Waals surface area contributed by atoms with E-state index in [-0.39, 0.29) is 11.0 Å². The summed E-state index contributed by atoms with van der Waals surface area (Å²) in [6.07, 6.45) is 0. The number of nitrogens with zero attached hydrogens (tertiary/aromatic N) is 1. The van der Waals surface area contributed by atoms with Gasteiger partial charge in [0.25, 0.3) is 0 Å². The first-order valence-corrected chi connectivity index (χ1v) is 7.04. The van der Waals surface area contributed by atoms with E-state index in [9.17, 15) is 0 Å². The molecule has 0 N–H and O–H groups in total. The van der Waals surface area contributed by atoms with Crippen LogP contribution in [-0.2, 0) is 17.5 Å². The van der Waals surface area contributed by atoms with Crippen molar-refractivity contribution in [1.82, 2.24) is 4.90 Å². The third kappa shape index (κ3) is 2.09. The minimum atomic E-state index is 0.157. The minimum Gasteiger partial charge on any atom is -0.287 e. The van der Waals surface area contributed by atoms with Crippen LogP contribution in [0.15, 0.2) is 18.2 Å². The number of hydrogen-bond acceptors (Lipinski definition) is 1. The highest BCUT2D eigenvalue weighted by atomic mass is 15.2. The van der Waals surface area contributed by atoms with Crippen molar-refractivity contribution in [1.29, 1.82) is 0 Å². The highest BCUT2D eigenvalue weighted by Gasteiger charge is 2.38. The summed E-state index contributed by atoms with van der Waals surface area (Å²) < 4.78 is 0. The molecule has 1 aromatic rings. The van der Waals surface area contributed by atoms with Gasteiger partial charge in [-0.05, 0) is 49.8 Å². The van der Waals surface area contributed by atoms with Crippen LogP contribution >= 0.6 is 0 Å². The molecule has 0 saturated carbocycles. The van der Waals surface area contributed by atoms with E-state index in [4.69, 9.17) is 0 Å². The van der Waals surface area contributed by atoms with Crippen LogP contribution in [0.25, 0.3) is 0 Å². The van der Waals surface area contributed by atoms with Gasteiger partial charge >= 0.3 is 0 Å². The molecule has 0 aliphatic carbocycles. The maximum absolute atomic E-state index is 2.59. The van der Waals surface area contributed by atoms with Crippen molar-refractivity contribution in [3.05, 3.63) is 34.9 Å². The molecule has 0 saturated heterocycles. The quantitative estimate of drug-likeness (QED) is 0.707. The van der Waals surface area contributed by atoms with Gasteiger partial charge in [-0.15, -0.1) is 0 Å². The Morgan fingerprint density at radius 1 is 1.17 bits per heavy atom. The Bertz CT molecular complexity index is 449. The molecular weight excluding hydrogens is 218 g/mol. The zero-order valence-electron chi connectivity index (χ0n) is 13.0. The fourth-order valence-electron chi connectivity index (χ4n) is 3.11. The van der Waals surface area contributed by atoms with E-state index in [1.807, 2.05) is 0 Å². The summed E-state index contributed by atoms with van der Waals surface area (Å²) in [5, 5.41) is 0. The van der Waals surface area contributed by atoms with Crippen LogP contribution in [0.2, 0.25) is 0 Å². The largest absolute Gasteiger partial charge is 0.287 e. The molecule has 0 unspecified atom stereocenters. The fourth-order valence-corrected chi connectivity index (χ4v) is 3.11. The molecule has 100 valence electrons. The van der Waals surface area contributed by atoms with Crippen molar-refractivity contribution in [3.63, 3.8) is 0 Å². The van der Waals surface area contributed by atoms with E-state index in [1.165, 1.54) is 16.7 Å². The van der Waals surface area contributed by atoms with Crippen molar-refractivity contribution in [3.8, 4) is 0 Å². The summed E-state index contributed by atoms with van der Waals surface area (Å²) in [5.41, 5.74) is 4.85. The van der Waals surface area contributed by atoms with Crippen LogP contribution in [0.1, 0.15) is 65.2 Å². The van der Waals surface area contributed by atoms with Crippen molar-refractivity contribution in [2.24, 2.45) is 0 Å². The van der Waals surface area contributed by atoms with Gasteiger partial charge in [0, 0.05) is 18.1 Å². The molecule has 1 heteroatoms. The van der Waals surface area contributed by atoms with Gasteiger partial charge < -0.3 is 0 Å². The van der Waals surface area contributed by atoms with Crippen LogP contribution in [0.5, 0.6) is 0 Å². The lowest BCUT2D eigenvalue weighted by Gasteiger charge is -2.36. The van der Waals surface area contributed by atoms with E-state index in [2.05, 4.69) is 71.6 Å². The first-order chi connectivity index (χ1) is 8.14. The second kappa shape index (κ2) is 4.09. The lowest BCUT2D eigenvalue weighted by molar-refractivity contribution is 0.0980. The molecular formula is C17H27N. The summed E-state index contributed by atoms with van der Waals surface area (Å²) >= 11 is 0. The molecule has 1 aliphatic rings. The Kier molecular flexibility index (Phi) is 3.09. The van der Waals surface area contributed by atoms with Crippen molar-refractivity contribution in [2.45, 2.75) is 72.0 Å². The molecule has 1 heterocycles. The maximum Gasteiger partial charge on any atom is 0.0414 e. The standard InChI is InChI=1S/C17H27N/c1-12(2)18-11-13-8-9-14(16(3,4)5)10-15(13)17(18,6)7/h8-10,12H,11H2,1-7H3. The molecule has 18 heavy (non-hydrogen) atoms. The Labute approximate surface area is 112 Å². The molecule has 0 fully saturated rings. The van der Waals surface area contributed by atoms with E-state index in [0.717, 1.165) is 6.54 Å². The van der Waals surface area contributed by atoms with Crippen LogP contribution in [0.3, 0.4) is 0 Å². The summed E-state index contributed by atoms with van der Waals surface area (Å²) in [6, 6.07) is 7.65. The molecule has 1 nitrogen and oxygen atoms in total. The summed E-state index contributed by atoms with van der Waals surface area (Å²) in [5.74, 6) is 0. The summed E-state index contributed by atoms with van der Waals surface area (Å²) in [6.45, 7) is 17.2. The molecule has 0 radical (unpaired) electrons.